The number of hydrogen-bond acceptors (Lipinski definition) is 5. The van der Waals surface area contributed by atoms with E-state index in [2.05, 4.69) is 20.3 Å². The predicted octanol–water partition coefficient (Wildman–Crippen LogP) is 2.61. The molecule has 8 heteroatoms. The van der Waals surface area contributed by atoms with E-state index < -0.39 is 0 Å². The monoisotopic (exact) mass is 339 g/mol. The van der Waals surface area contributed by atoms with Crippen LogP contribution in [0, 0.1) is 6.92 Å². The molecule has 0 spiro atoms. The van der Waals surface area contributed by atoms with Gasteiger partial charge in [-0.2, -0.15) is 5.10 Å². The zero-order chi connectivity index (χ0) is 15.7. The Morgan fingerprint density at radius 3 is 3.05 bits per heavy atom. The zero-order valence-electron chi connectivity index (χ0n) is 12.5. The maximum atomic E-state index is 12.2. The van der Waals surface area contributed by atoms with Crippen molar-refractivity contribution in [2.24, 2.45) is 7.05 Å². The molecule has 1 amide bonds. The van der Waals surface area contributed by atoms with Crippen LogP contribution in [0.25, 0.3) is 0 Å². The molecule has 6 nitrogen and oxygen atoms in total. The summed E-state index contributed by atoms with van der Waals surface area (Å²) in [5, 5.41) is 10.3. The van der Waals surface area contributed by atoms with Gasteiger partial charge in [-0.3, -0.25) is 14.4 Å². The van der Waals surface area contributed by atoms with E-state index in [0.717, 1.165) is 30.6 Å². The highest BCUT2D eigenvalue weighted by Gasteiger charge is 2.32. The molecule has 118 valence electrons. The Hall–Kier alpha value is -1.44. The third kappa shape index (κ3) is 3.02. The summed E-state index contributed by atoms with van der Waals surface area (Å²) in [5.41, 5.74) is 1.98. The topological polar surface area (TPSA) is 63.1 Å². The number of nitrogens with zero attached hydrogens (tertiary/aromatic N) is 4. The van der Waals surface area contributed by atoms with E-state index in [0.29, 0.717) is 16.8 Å². The molecule has 0 bridgehead atoms. The number of hydrogen-bond donors (Lipinski definition) is 1. The molecular formula is C14H18ClN5OS. The number of amides is 1. The molecule has 2 aromatic rings. The molecule has 0 radical (unpaired) electrons. The van der Waals surface area contributed by atoms with E-state index in [1.807, 2.05) is 19.4 Å². The number of likely N-dealkylation sites (tertiary alicyclic amines) is 1. The minimum absolute atomic E-state index is 0.0421. The molecular weight excluding hydrogens is 322 g/mol. The number of nitrogens with one attached hydrogen (secondary N) is 1. The van der Waals surface area contributed by atoms with Crippen LogP contribution >= 0.6 is 22.9 Å². The van der Waals surface area contributed by atoms with Crippen molar-refractivity contribution in [1.29, 1.82) is 0 Å². The van der Waals surface area contributed by atoms with Gasteiger partial charge in [-0.15, -0.1) is 11.3 Å². The third-order valence-corrected chi connectivity index (χ3v) is 5.06. The van der Waals surface area contributed by atoms with E-state index in [9.17, 15) is 4.79 Å². The molecule has 1 aliphatic rings. The molecule has 1 aliphatic heterocycles. The summed E-state index contributed by atoms with van der Waals surface area (Å²) in [7, 11) is 1.84. The Kier molecular flexibility index (Phi) is 4.46. The van der Waals surface area contributed by atoms with E-state index in [4.69, 9.17) is 11.6 Å². The van der Waals surface area contributed by atoms with Crippen molar-refractivity contribution in [3.63, 3.8) is 0 Å². The van der Waals surface area contributed by atoms with Crippen molar-refractivity contribution in [1.82, 2.24) is 19.7 Å². The standard InChI is InChI=1S/C14H18ClN5OS/c1-9-12(13(15)19(2)18-9)10-4-3-6-20(10)8-11(21)17-14-16-5-7-22-14/h5,7,10H,3-4,6,8H2,1-2H3,(H,16,17,21)/t10-/m0/s1. The van der Waals surface area contributed by atoms with Crippen LogP contribution in [-0.2, 0) is 11.8 Å². The van der Waals surface area contributed by atoms with Crippen LogP contribution in [0.2, 0.25) is 5.15 Å². The molecule has 22 heavy (non-hydrogen) atoms. The lowest BCUT2D eigenvalue weighted by Crippen LogP contribution is -2.33. The zero-order valence-corrected chi connectivity index (χ0v) is 14.1. The van der Waals surface area contributed by atoms with Gasteiger partial charge in [-0.25, -0.2) is 4.98 Å². The molecule has 1 fully saturated rings. The van der Waals surface area contributed by atoms with Crippen LogP contribution in [0.1, 0.15) is 30.1 Å². The first-order chi connectivity index (χ1) is 10.6. The largest absolute Gasteiger partial charge is 0.301 e. The van der Waals surface area contributed by atoms with Gasteiger partial charge >= 0.3 is 0 Å². The van der Waals surface area contributed by atoms with Gasteiger partial charge in [0.25, 0.3) is 0 Å². The first-order valence-corrected chi connectivity index (χ1v) is 8.44. The maximum Gasteiger partial charge on any atom is 0.240 e. The number of aryl methyl sites for hydroxylation is 2. The summed E-state index contributed by atoms with van der Waals surface area (Å²) >= 11 is 7.79. The second-order valence-electron chi connectivity index (χ2n) is 5.43. The van der Waals surface area contributed by atoms with Crippen LogP contribution in [0.5, 0.6) is 0 Å². The Balaban J connectivity index is 1.72. The fraction of sp³-hybridized carbons (Fsp3) is 0.500. The molecule has 0 aromatic carbocycles. The fourth-order valence-electron chi connectivity index (χ4n) is 3.00. The van der Waals surface area contributed by atoms with Crippen LogP contribution < -0.4 is 5.32 Å². The van der Waals surface area contributed by atoms with Gasteiger partial charge in [-0.1, -0.05) is 11.6 Å². The first kappa shape index (κ1) is 15.5. The summed E-state index contributed by atoms with van der Waals surface area (Å²) < 4.78 is 1.69. The quantitative estimate of drug-likeness (QED) is 0.930. The Bertz CT molecular complexity index is 669. The predicted molar refractivity (Wildman–Crippen MR) is 87.2 cm³/mol. The van der Waals surface area contributed by atoms with Crippen molar-refractivity contribution in [2.75, 3.05) is 18.4 Å². The smallest absolute Gasteiger partial charge is 0.240 e. The summed E-state index contributed by atoms with van der Waals surface area (Å²) in [6, 6.07) is 0.156. The van der Waals surface area contributed by atoms with E-state index >= 15 is 0 Å². The Morgan fingerprint density at radius 1 is 1.59 bits per heavy atom. The fourth-order valence-corrected chi connectivity index (χ4v) is 3.84. The van der Waals surface area contributed by atoms with Crippen molar-refractivity contribution in [2.45, 2.75) is 25.8 Å². The van der Waals surface area contributed by atoms with Gasteiger partial charge < -0.3 is 5.32 Å². The lowest BCUT2D eigenvalue weighted by molar-refractivity contribution is -0.117. The molecule has 2 aromatic heterocycles. The van der Waals surface area contributed by atoms with Gasteiger partial charge in [0, 0.05) is 30.2 Å². The minimum atomic E-state index is -0.0421. The van der Waals surface area contributed by atoms with Gasteiger partial charge in [0.05, 0.1) is 12.2 Å². The van der Waals surface area contributed by atoms with Gasteiger partial charge in [0.1, 0.15) is 5.15 Å². The van der Waals surface area contributed by atoms with E-state index in [1.165, 1.54) is 11.3 Å². The molecule has 1 N–H and O–H groups in total. The summed E-state index contributed by atoms with van der Waals surface area (Å²) in [6.07, 6.45) is 3.73. The lowest BCUT2D eigenvalue weighted by Gasteiger charge is -2.23. The number of carbonyl (C=O) groups is 1. The van der Waals surface area contributed by atoms with Crippen molar-refractivity contribution in [3.8, 4) is 0 Å². The number of thiazole rings is 1. The van der Waals surface area contributed by atoms with Crippen LogP contribution in [0.3, 0.4) is 0 Å². The number of rotatable bonds is 4. The van der Waals surface area contributed by atoms with Gasteiger partial charge in [0.2, 0.25) is 5.91 Å². The summed E-state index contributed by atoms with van der Waals surface area (Å²) in [4.78, 5) is 18.4. The highest BCUT2D eigenvalue weighted by molar-refractivity contribution is 7.13. The highest BCUT2D eigenvalue weighted by Crippen LogP contribution is 2.37. The molecule has 1 atom stereocenters. The summed E-state index contributed by atoms with van der Waals surface area (Å²) in [6.45, 7) is 3.20. The van der Waals surface area contributed by atoms with Gasteiger partial charge in [-0.05, 0) is 26.3 Å². The molecule has 3 heterocycles. The molecule has 0 unspecified atom stereocenters. The molecule has 3 rings (SSSR count). The molecule has 1 saturated heterocycles. The minimum Gasteiger partial charge on any atom is -0.301 e. The maximum absolute atomic E-state index is 12.2. The van der Waals surface area contributed by atoms with Crippen molar-refractivity contribution < 1.29 is 4.79 Å². The number of halogens is 1. The number of carbonyl (C=O) groups excluding carboxylic acids is 1. The summed E-state index contributed by atoms with van der Waals surface area (Å²) in [5.74, 6) is -0.0421. The average molecular weight is 340 g/mol. The van der Waals surface area contributed by atoms with Crippen LogP contribution in [0.15, 0.2) is 11.6 Å². The average Bonchev–Trinajstić information content (AvgIpc) is 3.15. The van der Waals surface area contributed by atoms with Crippen molar-refractivity contribution >= 4 is 34.0 Å². The van der Waals surface area contributed by atoms with E-state index in [1.54, 1.807) is 10.9 Å². The second-order valence-corrected chi connectivity index (χ2v) is 6.68. The number of aromatic nitrogens is 3. The van der Waals surface area contributed by atoms with Gasteiger partial charge in [0.15, 0.2) is 5.13 Å². The van der Waals surface area contributed by atoms with Crippen molar-refractivity contribution in [3.05, 3.63) is 28.0 Å². The van der Waals surface area contributed by atoms with Crippen LogP contribution in [0.4, 0.5) is 5.13 Å². The lowest BCUT2D eigenvalue weighted by atomic mass is 10.1. The normalized spacial score (nSPS) is 18.8. The number of anilines is 1. The Morgan fingerprint density at radius 2 is 2.41 bits per heavy atom. The third-order valence-electron chi connectivity index (χ3n) is 3.92. The SMILES string of the molecule is Cc1nn(C)c(Cl)c1[C@@H]1CCCN1CC(=O)Nc1nccs1. The first-order valence-electron chi connectivity index (χ1n) is 7.18. The highest BCUT2D eigenvalue weighted by atomic mass is 35.5. The van der Waals surface area contributed by atoms with Crippen LogP contribution in [-0.4, -0.2) is 38.7 Å². The Labute approximate surface area is 138 Å². The second kappa shape index (κ2) is 6.36. The molecule has 0 saturated carbocycles. The van der Waals surface area contributed by atoms with E-state index in [-0.39, 0.29) is 11.9 Å². The molecule has 0 aliphatic carbocycles.